The van der Waals surface area contributed by atoms with Crippen molar-refractivity contribution in [1.29, 1.82) is 0 Å². The zero-order chi connectivity index (χ0) is 11.8. The molecule has 0 spiro atoms. The predicted molar refractivity (Wildman–Crippen MR) is 64.4 cm³/mol. The number of rotatable bonds is 4. The van der Waals surface area contributed by atoms with E-state index in [0.717, 1.165) is 25.6 Å². The number of piperidine rings is 1. The van der Waals surface area contributed by atoms with Gasteiger partial charge >= 0.3 is 0 Å². The first-order chi connectivity index (χ1) is 7.45. The molecule has 1 saturated carbocycles. The fraction of sp³-hybridized carbons (Fsp3) is 1.00. The van der Waals surface area contributed by atoms with Gasteiger partial charge in [-0.05, 0) is 46.0 Å². The second kappa shape index (κ2) is 4.28. The standard InChI is InChI=1S/C13H25NO2/c1-12(2,3)16-7-6-14-9-11-4-5-13(14,8-11)10-15/h11,15H,4-10H2,1-3H3. The summed E-state index contributed by atoms with van der Waals surface area (Å²) in [5, 5.41) is 9.59. The van der Waals surface area contributed by atoms with Crippen molar-refractivity contribution >= 4 is 0 Å². The molecule has 1 saturated heterocycles. The molecule has 2 unspecified atom stereocenters. The molecule has 0 aromatic carbocycles. The number of aliphatic hydroxyl groups is 1. The van der Waals surface area contributed by atoms with Crippen molar-refractivity contribution in [1.82, 2.24) is 4.90 Å². The lowest BCUT2D eigenvalue weighted by atomic mass is 9.98. The van der Waals surface area contributed by atoms with Crippen LogP contribution >= 0.6 is 0 Å². The average molecular weight is 227 g/mol. The maximum absolute atomic E-state index is 9.59. The van der Waals surface area contributed by atoms with Crippen molar-refractivity contribution in [3.05, 3.63) is 0 Å². The highest BCUT2D eigenvalue weighted by atomic mass is 16.5. The number of likely N-dealkylation sites (tertiary alicyclic amines) is 1. The Bertz CT molecular complexity index is 249. The van der Waals surface area contributed by atoms with Crippen molar-refractivity contribution in [3.63, 3.8) is 0 Å². The normalized spacial score (nSPS) is 34.9. The molecule has 94 valence electrons. The topological polar surface area (TPSA) is 32.7 Å². The summed E-state index contributed by atoms with van der Waals surface area (Å²) in [5.41, 5.74) is 0.0526. The highest BCUT2D eigenvalue weighted by molar-refractivity contribution is 5.04. The third kappa shape index (κ3) is 2.41. The van der Waals surface area contributed by atoms with Gasteiger partial charge in [-0.2, -0.15) is 0 Å². The summed E-state index contributed by atoms with van der Waals surface area (Å²) in [5.74, 6) is 0.821. The molecule has 2 fully saturated rings. The first-order valence-corrected chi connectivity index (χ1v) is 6.45. The number of ether oxygens (including phenoxy) is 1. The van der Waals surface area contributed by atoms with Crippen molar-refractivity contribution in [2.24, 2.45) is 5.92 Å². The molecule has 2 bridgehead atoms. The molecule has 3 nitrogen and oxygen atoms in total. The van der Waals surface area contributed by atoms with Crippen LogP contribution in [0.4, 0.5) is 0 Å². The minimum absolute atomic E-state index is 0.0505. The van der Waals surface area contributed by atoms with E-state index in [-0.39, 0.29) is 11.1 Å². The van der Waals surface area contributed by atoms with Gasteiger partial charge in [0, 0.05) is 18.6 Å². The van der Waals surface area contributed by atoms with Gasteiger partial charge in [0.2, 0.25) is 0 Å². The second-order valence-corrected chi connectivity index (χ2v) is 6.40. The molecule has 0 aromatic heterocycles. The molecule has 0 radical (unpaired) electrons. The smallest absolute Gasteiger partial charge is 0.0615 e. The number of nitrogens with zero attached hydrogens (tertiary/aromatic N) is 1. The van der Waals surface area contributed by atoms with E-state index in [2.05, 4.69) is 25.7 Å². The van der Waals surface area contributed by atoms with E-state index in [1.807, 2.05) is 0 Å². The van der Waals surface area contributed by atoms with E-state index in [0.29, 0.717) is 6.61 Å². The minimum atomic E-state index is -0.0505. The fourth-order valence-electron chi connectivity index (χ4n) is 3.20. The lowest BCUT2D eigenvalue weighted by molar-refractivity contribution is -0.0324. The van der Waals surface area contributed by atoms with Gasteiger partial charge in [0.25, 0.3) is 0 Å². The Hall–Kier alpha value is -0.120. The van der Waals surface area contributed by atoms with Gasteiger partial charge in [0.05, 0.1) is 18.8 Å². The third-order valence-electron chi connectivity index (χ3n) is 4.03. The molecular weight excluding hydrogens is 202 g/mol. The highest BCUT2D eigenvalue weighted by Crippen LogP contribution is 2.45. The van der Waals surface area contributed by atoms with E-state index in [4.69, 9.17) is 4.74 Å². The zero-order valence-electron chi connectivity index (χ0n) is 10.8. The largest absolute Gasteiger partial charge is 0.394 e. The van der Waals surface area contributed by atoms with Crippen LogP contribution in [0.2, 0.25) is 0 Å². The van der Waals surface area contributed by atoms with Crippen LogP contribution in [0.3, 0.4) is 0 Å². The monoisotopic (exact) mass is 227 g/mol. The Kier molecular flexibility index (Phi) is 3.30. The Balaban J connectivity index is 1.82. The van der Waals surface area contributed by atoms with Gasteiger partial charge in [-0.3, -0.25) is 4.90 Å². The number of hydrogen-bond acceptors (Lipinski definition) is 3. The van der Waals surface area contributed by atoms with E-state index >= 15 is 0 Å². The summed E-state index contributed by atoms with van der Waals surface area (Å²) >= 11 is 0. The Morgan fingerprint density at radius 2 is 2.19 bits per heavy atom. The SMILES string of the molecule is CC(C)(C)OCCN1CC2CCC1(CO)C2. The van der Waals surface area contributed by atoms with Crippen LogP contribution in [0.25, 0.3) is 0 Å². The van der Waals surface area contributed by atoms with Crippen LogP contribution in [0.5, 0.6) is 0 Å². The van der Waals surface area contributed by atoms with Crippen LogP contribution in [0, 0.1) is 5.92 Å². The van der Waals surface area contributed by atoms with Crippen LogP contribution in [-0.4, -0.2) is 47.4 Å². The first-order valence-electron chi connectivity index (χ1n) is 6.45. The lowest BCUT2D eigenvalue weighted by Gasteiger charge is -2.38. The van der Waals surface area contributed by atoms with Gasteiger partial charge in [-0.25, -0.2) is 0 Å². The molecule has 0 amide bonds. The fourth-order valence-corrected chi connectivity index (χ4v) is 3.20. The van der Waals surface area contributed by atoms with Crippen molar-refractivity contribution in [2.75, 3.05) is 26.3 Å². The van der Waals surface area contributed by atoms with Gasteiger partial charge in [0.1, 0.15) is 0 Å². The maximum atomic E-state index is 9.59. The van der Waals surface area contributed by atoms with E-state index in [1.165, 1.54) is 19.3 Å². The van der Waals surface area contributed by atoms with Gasteiger partial charge in [-0.1, -0.05) is 0 Å². The van der Waals surface area contributed by atoms with Crippen LogP contribution in [0.15, 0.2) is 0 Å². The highest BCUT2D eigenvalue weighted by Gasteiger charge is 2.49. The second-order valence-electron chi connectivity index (χ2n) is 6.40. The molecular formula is C13H25NO2. The molecule has 2 aliphatic rings. The first kappa shape index (κ1) is 12.3. The zero-order valence-corrected chi connectivity index (χ0v) is 10.8. The van der Waals surface area contributed by atoms with Crippen LogP contribution < -0.4 is 0 Å². The molecule has 2 rings (SSSR count). The number of aliphatic hydroxyl groups excluding tert-OH is 1. The summed E-state index contributed by atoms with van der Waals surface area (Å²) in [7, 11) is 0. The Morgan fingerprint density at radius 3 is 2.75 bits per heavy atom. The molecule has 1 aliphatic carbocycles. The summed E-state index contributed by atoms with van der Waals surface area (Å²) < 4.78 is 5.77. The molecule has 3 heteroatoms. The van der Waals surface area contributed by atoms with Crippen molar-refractivity contribution < 1.29 is 9.84 Å². The maximum Gasteiger partial charge on any atom is 0.0615 e. The van der Waals surface area contributed by atoms with Gasteiger partial charge in [-0.15, -0.1) is 0 Å². The summed E-state index contributed by atoms with van der Waals surface area (Å²) in [6.07, 6.45) is 3.67. The molecule has 0 aromatic rings. The predicted octanol–water partition coefficient (Wildman–Crippen LogP) is 1.65. The summed E-state index contributed by atoms with van der Waals surface area (Å²) in [6, 6.07) is 0. The van der Waals surface area contributed by atoms with E-state index in [1.54, 1.807) is 0 Å². The molecule has 2 atom stereocenters. The van der Waals surface area contributed by atoms with Gasteiger partial charge in [0.15, 0.2) is 0 Å². The Labute approximate surface area is 98.8 Å². The van der Waals surface area contributed by atoms with Crippen LogP contribution in [-0.2, 0) is 4.74 Å². The quantitative estimate of drug-likeness (QED) is 0.792. The van der Waals surface area contributed by atoms with Crippen molar-refractivity contribution in [2.45, 2.75) is 51.2 Å². The molecule has 16 heavy (non-hydrogen) atoms. The van der Waals surface area contributed by atoms with E-state index in [9.17, 15) is 5.11 Å². The van der Waals surface area contributed by atoms with E-state index < -0.39 is 0 Å². The number of hydrogen-bond donors (Lipinski definition) is 1. The van der Waals surface area contributed by atoms with Crippen LogP contribution in [0.1, 0.15) is 40.0 Å². The van der Waals surface area contributed by atoms with Gasteiger partial charge < -0.3 is 9.84 Å². The third-order valence-corrected chi connectivity index (χ3v) is 4.03. The summed E-state index contributed by atoms with van der Waals surface area (Å²) in [4.78, 5) is 2.45. The molecule has 1 N–H and O–H groups in total. The Morgan fingerprint density at radius 1 is 1.44 bits per heavy atom. The summed E-state index contributed by atoms with van der Waals surface area (Å²) in [6.45, 7) is 9.49. The number of fused-ring (bicyclic) bond motifs is 2. The average Bonchev–Trinajstić information content (AvgIpc) is 2.73. The molecule has 1 heterocycles. The minimum Gasteiger partial charge on any atom is -0.394 e. The lowest BCUT2D eigenvalue weighted by Crippen LogP contribution is -2.49. The molecule has 1 aliphatic heterocycles. The van der Waals surface area contributed by atoms with Crippen molar-refractivity contribution in [3.8, 4) is 0 Å².